The van der Waals surface area contributed by atoms with Gasteiger partial charge in [0.05, 0.1) is 40.3 Å². The summed E-state index contributed by atoms with van der Waals surface area (Å²) in [7, 11) is 5.37. The fraction of sp³-hybridized carbons (Fsp3) is 0.627. The van der Waals surface area contributed by atoms with Crippen LogP contribution in [0.1, 0.15) is 155 Å². The Morgan fingerprint density at radius 2 is 0.949 bits per heavy atom. The highest BCUT2D eigenvalue weighted by atomic mass is 16.6. The first kappa shape index (κ1) is 55.2. The molecular formula is C51H83NO7. The second-order valence-corrected chi connectivity index (χ2v) is 15.9. The molecule has 0 spiro atoms. The monoisotopic (exact) mass is 822 g/mol. The van der Waals surface area contributed by atoms with Gasteiger partial charge in [-0.3, -0.25) is 9.59 Å². The lowest BCUT2D eigenvalue weighted by molar-refractivity contribution is -0.889. The molecule has 0 aromatic carbocycles. The normalized spacial score (nSPS) is 13.8. The van der Waals surface area contributed by atoms with Crippen molar-refractivity contribution >= 4 is 17.9 Å². The third-order valence-corrected chi connectivity index (χ3v) is 9.45. The standard InChI is InChI=1S/C51H83NO7/c1-6-8-10-12-14-16-18-20-22-23-24-25-26-27-28-30-32-34-36-38-40-42-50(54)59-47(45-57-44-43-48(51(55)56)52(3,4)5)46-58-49(53)41-39-37-35-33-31-29-21-19-17-15-13-11-9-7-2/h9,11,14-17,20-22,24-25,27-29,32,34,47-48H,6-8,10,12-13,18-19,23,26,30-31,33,35-46H2,1-5H3/b11-9+,16-14+,17-15+,22-20+,25-24+,28-27+,29-21+,34-32+. The molecule has 59 heavy (non-hydrogen) atoms. The quantitative estimate of drug-likeness (QED) is 0.0263. The molecule has 0 aliphatic heterocycles. The van der Waals surface area contributed by atoms with Gasteiger partial charge in [-0.05, 0) is 96.3 Å². The minimum Gasteiger partial charge on any atom is -0.544 e. The highest BCUT2D eigenvalue weighted by molar-refractivity contribution is 5.70. The first-order chi connectivity index (χ1) is 28.6. The van der Waals surface area contributed by atoms with Gasteiger partial charge in [0.2, 0.25) is 0 Å². The van der Waals surface area contributed by atoms with Crippen molar-refractivity contribution in [2.24, 2.45) is 0 Å². The summed E-state index contributed by atoms with van der Waals surface area (Å²) in [6.45, 7) is 4.43. The van der Waals surface area contributed by atoms with Crippen molar-refractivity contribution in [1.29, 1.82) is 0 Å². The third-order valence-electron chi connectivity index (χ3n) is 9.45. The molecule has 0 aliphatic rings. The van der Waals surface area contributed by atoms with E-state index < -0.39 is 18.1 Å². The zero-order chi connectivity index (χ0) is 43.5. The molecule has 2 unspecified atom stereocenters. The number of rotatable bonds is 39. The predicted molar refractivity (Wildman–Crippen MR) is 245 cm³/mol. The molecule has 0 saturated heterocycles. The van der Waals surface area contributed by atoms with Crippen LogP contribution in [0.5, 0.6) is 0 Å². The van der Waals surface area contributed by atoms with Gasteiger partial charge >= 0.3 is 11.9 Å². The third kappa shape index (κ3) is 39.5. The SMILES string of the molecule is CC/C=C/C/C=C/C/C=C/CCCCCCC(=O)OCC(COCCC(C(=O)[O-])[N+](C)(C)C)OC(=O)CCCC/C=C/C/C=C/C/C=C/C/C=C/C/C=C/CCCCC. The number of nitrogens with zero attached hydrogens (tertiary/aromatic N) is 1. The van der Waals surface area contributed by atoms with Gasteiger partial charge in [-0.1, -0.05) is 137 Å². The number of esters is 2. The van der Waals surface area contributed by atoms with Gasteiger partial charge in [0, 0.05) is 19.3 Å². The molecule has 0 aliphatic carbocycles. The molecule has 0 saturated carbocycles. The Balaban J connectivity index is 4.47. The number of aliphatic carboxylic acids is 1. The zero-order valence-electron chi connectivity index (χ0n) is 37.9. The van der Waals surface area contributed by atoms with Crippen molar-refractivity contribution < 1.29 is 38.2 Å². The summed E-state index contributed by atoms with van der Waals surface area (Å²) in [5.74, 6) is -1.84. The van der Waals surface area contributed by atoms with Gasteiger partial charge in [0.15, 0.2) is 6.10 Å². The van der Waals surface area contributed by atoms with Crippen LogP contribution in [0.2, 0.25) is 0 Å². The van der Waals surface area contributed by atoms with E-state index in [2.05, 4.69) is 111 Å². The van der Waals surface area contributed by atoms with E-state index in [1.54, 1.807) is 21.1 Å². The summed E-state index contributed by atoms with van der Waals surface area (Å²) >= 11 is 0. The summed E-state index contributed by atoms with van der Waals surface area (Å²) in [5, 5.41) is 11.6. The van der Waals surface area contributed by atoms with Crippen molar-refractivity contribution in [1.82, 2.24) is 0 Å². The van der Waals surface area contributed by atoms with Crippen molar-refractivity contribution in [3.05, 3.63) is 97.2 Å². The smallest absolute Gasteiger partial charge is 0.306 e. The molecule has 0 rings (SSSR count). The number of carboxylic acids is 1. The van der Waals surface area contributed by atoms with Gasteiger partial charge in [0.1, 0.15) is 12.6 Å². The molecule has 8 nitrogen and oxygen atoms in total. The van der Waals surface area contributed by atoms with E-state index in [-0.39, 0.29) is 49.1 Å². The predicted octanol–water partition coefficient (Wildman–Crippen LogP) is 11.4. The number of hydrogen-bond acceptors (Lipinski definition) is 7. The van der Waals surface area contributed by atoms with Gasteiger partial charge < -0.3 is 28.6 Å². The van der Waals surface area contributed by atoms with Crippen molar-refractivity contribution in [2.75, 3.05) is 41.0 Å². The number of carboxylic acid groups (broad SMARTS) is 1. The van der Waals surface area contributed by atoms with E-state index >= 15 is 0 Å². The maximum Gasteiger partial charge on any atom is 0.306 e. The van der Waals surface area contributed by atoms with Crippen molar-refractivity contribution in [3.63, 3.8) is 0 Å². The molecule has 8 heteroatoms. The Bertz CT molecular complexity index is 1280. The van der Waals surface area contributed by atoms with Crippen LogP contribution in [0.15, 0.2) is 97.2 Å². The van der Waals surface area contributed by atoms with E-state index in [1.165, 1.54) is 25.7 Å². The number of quaternary nitrogens is 1. The molecule has 0 aromatic heterocycles. The van der Waals surface area contributed by atoms with Gasteiger partial charge in [0.25, 0.3) is 0 Å². The Kier molecular flexibility index (Phi) is 38.4. The first-order valence-corrected chi connectivity index (χ1v) is 22.8. The fourth-order valence-electron chi connectivity index (χ4n) is 5.93. The van der Waals surface area contributed by atoms with Crippen LogP contribution in [0.4, 0.5) is 0 Å². The summed E-state index contributed by atoms with van der Waals surface area (Å²) in [4.78, 5) is 36.9. The van der Waals surface area contributed by atoms with Gasteiger partial charge in [-0.2, -0.15) is 0 Å². The Morgan fingerprint density at radius 1 is 0.525 bits per heavy atom. The van der Waals surface area contributed by atoms with E-state index in [9.17, 15) is 19.5 Å². The highest BCUT2D eigenvalue weighted by Gasteiger charge is 2.25. The van der Waals surface area contributed by atoms with E-state index in [4.69, 9.17) is 14.2 Å². The molecule has 0 aromatic rings. The summed E-state index contributed by atoms with van der Waals surface area (Å²) in [5.41, 5.74) is 0. The van der Waals surface area contributed by atoms with Crippen LogP contribution < -0.4 is 5.11 Å². The van der Waals surface area contributed by atoms with Gasteiger partial charge in [-0.25, -0.2) is 0 Å². The zero-order valence-corrected chi connectivity index (χ0v) is 37.9. The van der Waals surface area contributed by atoms with Gasteiger partial charge in [-0.15, -0.1) is 0 Å². The average Bonchev–Trinajstić information content (AvgIpc) is 3.19. The van der Waals surface area contributed by atoms with Crippen molar-refractivity contribution in [2.45, 2.75) is 167 Å². The molecular weight excluding hydrogens is 739 g/mol. The molecule has 0 radical (unpaired) electrons. The summed E-state index contributed by atoms with van der Waals surface area (Å²) < 4.78 is 17.1. The maximum absolute atomic E-state index is 12.7. The summed E-state index contributed by atoms with van der Waals surface area (Å²) in [6.07, 6.45) is 54.4. The number of unbranched alkanes of at least 4 members (excludes halogenated alkanes) is 9. The van der Waals surface area contributed by atoms with Crippen LogP contribution in [-0.2, 0) is 28.6 Å². The Morgan fingerprint density at radius 3 is 1.42 bits per heavy atom. The number of carbonyl (C=O) groups is 3. The van der Waals surface area contributed by atoms with Crippen LogP contribution in [0, 0.1) is 0 Å². The molecule has 2 atom stereocenters. The van der Waals surface area contributed by atoms with Crippen LogP contribution in [0.3, 0.4) is 0 Å². The van der Waals surface area contributed by atoms with Crippen LogP contribution in [0.25, 0.3) is 0 Å². The molecule has 0 fully saturated rings. The van der Waals surface area contributed by atoms with E-state index in [1.807, 2.05) is 0 Å². The lowest BCUT2D eigenvalue weighted by atomic mass is 10.1. The second-order valence-electron chi connectivity index (χ2n) is 15.9. The average molecular weight is 822 g/mol. The minimum atomic E-state index is -1.14. The Labute approximate surface area is 360 Å². The lowest BCUT2D eigenvalue weighted by Gasteiger charge is -2.34. The molecule has 0 bridgehead atoms. The number of likely N-dealkylation sites (N-methyl/N-ethyl adjacent to an activating group) is 1. The van der Waals surface area contributed by atoms with Crippen molar-refractivity contribution in [3.8, 4) is 0 Å². The maximum atomic E-state index is 12.7. The second kappa shape index (κ2) is 41.0. The number of ether oxygens (including phenoxy) is 3. The first-order valence-electron chi connectivity index (χ1n) is 22.8. The number of carbonyl (C=O) groups excluding carboxylic acids is 3. The minimum absolute atomic E-state index is 0.00929. The number of hydrogen-bond donors (Lipinski definition) is 0. The molecule has 334 valence electrons. The Hall–Kier alpha value is -3.75. The highest BCUT2D eigenvalue weighted by Crippen LogP contribution is 2.11. The molecule has 0 amide bonds. The number of allylic oxidation sites excluding steroid dienone is 16. The lowest BCUT2D eigenvalue weighted by Crippen LogP contribution is -2.55. The van der Waals surface area contributed by atoms with Crippen LogP contribution in [-0.4, -0.2) is 75.5 Å². The fourth-order valence-corrected chi connectivity index (χ4v) is 5.93. The van der Waals surface area contributed by atoms with Crippen LogP contribution >= 0.6 is 0 Å². The topological polar surface area (TPSA) is 102 Å². The molecule has 0 heterocycles. The largest absolute Gasteiger partial charge is 0.544 e. The van der Waals surface area contributed by atoms with E-state index in [0.29, 0.717) is 12.8 Å². The summed E-state index contributed by atoms with van der Waals surface area (Å²) in [6, 6.07) is -0.743. The van der Waals surface area contributed by atoms with E-state index in [0.717, 1.165) is 89.9 Å². The molecule has 0 N–H and O–H groups in total.